The second-order valence-electron chi connectivity index (χ2n) is 3.00. The first-order chi connectivity index (χ1) is 6.83. The second kappa shape index (κ2) is 3.52. The minimum Gasteiger partial charge on any atom is -0.454 e. The van der Waals surface area contributed by atoms with Gasteiger partial charge >= 0.3 is 0 Å². The van der Waals surface area contributed by atoms with Crippen LogP contribution in [0, 0.1) is 6.92 Å². The maximum absolute atomic E-state index is 10.0. The highest BCUT2D eigenvalue weighted by atomic mass is 16.7. The Balaban J connectivity index is 2.45. The van der Waals surface area contributed by atoms with Crippen molar-refractivity contribution in [2.24, 2.45) is 4.99 Å². The van der Waals surface area contributed by atoms with E-state index in [1.807, 2.05) is 19.1 Å². The molecule has 4 nitrogen and oxygen atoms in total. The van der Waals surface area contributed by atoms with Crippen molar-refractivity contribution in [3.63, 3.8) is 0 Å². The Morgan fingerprint density at radius 1 is 1.50 bits per heavy atom. The van der Waals surface area contributed by atoms with Crippen molar-refractivity contribution < 1.29 is 14.3 Å². The zero-order chi connectivity index (χ0) is 9.97. The number of nitrogens with zero attached hydrogens (tertiary/aromatic N) is 1. The molecule has 4 heteroatoms. The minimum atomic E-state index is 0.233. The molecule has 72 valence electrons. The molecule has 0 aliphatic carbocycles. The Labute approximate surface area is 81.2 Å². The number of isocyanates is 1. The summed E-state index contributed by atoms with van der Waals surface area (Å²) in [6.45, 7) is 2.47. The Morgan fingerprint density at radius 2 is 2.36 bits per heavy atom. The van der Waals surface area contributed by atoms with E-state index in [9.17, 15) is 4.79 Å². The fourth-order valence-electron chi connectivity index (χ4n) is 1.44. The van der Waals surface area contributed by atoms with E-state index in [0.717, 1.165) is 11.1 Å². The molecule has 0 radical (unpaired) electrons. The van der Waals surface area contributed by atoms with Crippen LogP contribution in [0.2, 0.25) is 0 Å². The van der Waals surface area contributed by atoms with Crippen molar-refractivity contribution >= 4 is 6.08 Å². The van der Waals surface area contributed by atoms with Crippen molar-refractivity contribution in [3.05, 3.63) is 23.3 Å². The van der Waals surface area contributed by atoms with Crippen LogP contribution in [0.5, 0.6) is 11.5 Å². The van der Waals surface area contributed by atoms with Crippen LogP contribution in [-0.4, -0.2) is 12.9 Å². The Kier molecular flexibility index (Phi) is 2.21. The average Bonchev–Trinajstić information content (AvgIpc) is 2.64. The third-order valence-corrected chi connectivity index (χ3v) is 2.18. The Morgan fingerprint density at radius 3 is 3.14 bits per heavy atom. The summed E-state index contributed by atoms with van der Waals surface area (Å²) in [6, 6.07) is 3.77. The van der Waals surface area contributed by atoms with Gasteiger partial charge in [0.2, 0.25) is 12.9 Å². The summed E-state index contributed by atoms with van der Waals surface area (Å²) in [7, 11) is 0. The summed E-state index contributed by atoms with van der Waals surface area (Å²) in [5.74, 6) is 1.41. The minimum absolute atomic E-state index is 0.233. The normalized spacial score (nSPS) is 12.4. The van der Waals surface area contributed by atoms with Crippen molar-refractivity contribution in [3.8, 4) is 11.5 Å². The van der Waals surface area contributed by atoms with E-state index in [0.29, 0.717) is 18.0 Å². The van der Waals surface area contributed by atoms with Gasteiger partial charge in [-0.2, -0.15) is 0 Å². The van der Waals surface area contributed by atoms with Gasteiger partial charge in [0.05, 0.1) is 6.54 Å². The molecule has 1 aromatic carbocycles. The zero-order valence-corrected chi connectivity index (χ0v) is 7.74. The van der Waals surface area contributed by atoms with E-state index < -0.39 is 0 Å². The third kappa shape index (κ3) is 1.36. The number of aryl methyl sites for hydroxylation is 1. The predicted octanol–water partition coefficient (Wildman–Crippen LogP) is 1.56. The lowest BCUT2D eigenvalue weighted by Crippen LogP contribution is -1.95. The molecule has 1 heterocycles. The fourth-order valence-corrected chi connectivity index (χ4v) is 1.44. The molecular weight excluding hydrogens is 182 g/mol. The topological polar surface area (TPSA) is 47.9 Å². The molecule has 0 saturated carbocycles. The van der Waals surface area contributed by atoms with Crippen LogP contribution in [-0.2, 0) is 11.3 Å². The van der Waals surface area contributed by atoms with Crippen LogP contribution < -0.4 is 9.47 Å². The molecule has 1 aliphatic heterocycles. The van der Waals surface area contributed by atoms with Gasteiger partial charge in [0.25, 0.3) is 0 Å². The molecule has 0 atom stereocenters. The lowest BCUT2D eigenvalue weighted by molar-refractivity contribution is 0.173. The van der Waals surface area contributed by atoms with E-state index in [2.05, 4.69) is 4.99 Å². The zero-order valence-electron chi connectivity index (χ0n) is 7.74. The number of carbonyl (C=O) groups excluding carboxylic acids is 1. The van der Waals surface area contributed by atoms with Gasteiger partial charge in [-0.25, -0.2) is 9.79 Å². The standard InChI is InChI=1S/C10H9NO3/c1-7-2-3-9-10(14-6-13-9)8(7)4-11-5-12/h2-3H,4,6H2,1H3. The molecule has 0 saturated heterocycles. The van der Waals surface area contributed by atoms with Gasteiger partial charge in [0.1, 0.15) is 0 Å². The number of benzene rings is 1. The number of fused-ring (bicyclic) bond motifs is 1. The third-order valence-electron chi connectivity index (χ3n) is 2.18. The van der Waals surface area contributed by atoms with Crippen molar-refractivity contribution in [2.75, 3.05) is 6.79 Å². The van der Waals surface area contributed by atoms with Gasteiger partial charge in [0.15, 0.2) is 11.5 Å². The van der Waals surface area contributed by atoms with Gasteiger partial charge in [-0.1, -0.05) is 6.07 Å². The summed E-state index contributed by atoms with van der Waals surface area (Å²) < 4.78 is 10.5. The SMILES string of the molecule is Cc1ccc2c(c1CN=C=O)OCO2. The van der Waals surface area contributed by atoms with E-state index >= 15 is 0 Å². The molecule has 0 spiro atoms. The molecule has 2 rings (SSSR count). The van der Waals surface area contributed by atoms with Gasteiger partial charge < -0.3 is 9.47 Å². The van der Waals surface area contributed by atoms with Crippen LogP contribution in [0.4, 0.5) is 0 Å². The molecule has 14 heavy (non-hydrogen) atoms. The monoisotopic (exact) mass is 191 g/mol. The quantitative estimate of drug-likeness (QED) is 0.526. The first-order valence-electron chi connectivity index (χ1n) is 4.24. The maximum Gasteiger partial charge on any atom is 0.235 e. The van der Waals surface area contributed by atoms with Gasteiger partial charge in [-0.15, -0.1) is 0 Å². The van der Waals surface area contributed by atoms with Crippen molar-refractivity contribution in [1.29, 1.82) is 0 Å². The number of aliphatic imine (C=N–C) groups is 1. The highest BCUT2D eigenvalue weighted by Gasteiger charge is 2.18. The highest BCUT2D eigenvalue weighted by Crippen LogP contribution is 2.37. The lowest BCUT2D eigenvalue weighted by atomic mass is 10.1. The maximum atomic E-state index is 10.0. The van der Waals surface area contributed by atoms with Crippen LogP contribution in [0.15, 0.2) is 17.1 Å². The molecule has 1 aliphatic rings. The van der Waals surface area contributed by atoms with E-state index in [4.69, 9.17) is 9.47 Å². The summed E-state index contributed by atoms with van der Waals surface area (Å²) >= 11 is 0. The summed E-state index contributed by atoms with van der Waals surface area (Å²) in [6.07, 6.45) is 1.51. The lowest BCUT2D eigenvalue weighted by Gasteiger charge is -2.05. The molecule has 0 bridgehead atoms. The molecular formula is C10H9NO3. The molecule has 0 amide bonds. The summed E-state index contributed by atoms with van der Waals surface area (Å²) in [4.78, 5) is 13.6. The number of rotatable bonds is 2. The summed E-state index contributed by atoms with van der Waals surface area (Å²) in [5.41, 5.74) is 1.93. The van der Waals surface area contributed by atoms with Crippen LogP contribution in [0.1, 0.15) is 11.1 Å². The second-order valence-corrected chi connectivity index (χ2v) is 3.00. The molecule has 0 unspecified atom stereocenters. The van der Waals surface area contributed by atoms with Gasteiger partial charge in [-0.3, -0.25) is 0 Å². The predicted molar refractivity (Wildman–Crippen MR) is 49.1 cm³/mol. The number of hydrogen-bond donors (Lipinski definition) is 0. The molecule has 0 aromatic heterocycles. The first kappa shape index (κ1) is 8.78. The van der Waals surface area contributed by atoms with E-state index in [1.54, 1.807) is 0 Å². The van der Waals surface area contributed by atoms with Gasteiger partial charge in [0, 0.05) is 5.56 Å². The van der Waals surface area contributed by atoms with E-state index in [1.165, 1.54) is 6.08 Å². The average molecular weight is 191 g/mol. The van der Waals surface area contributed by atoms with Crippen LogP contribution in [0.25, 0.3) is 0 Å². The number of hydrogen-bond acceptors (Lipinski definition) is 4. The van der Waals surface area contributed by atoms with E-state index in [-0.39, 0.29) is 6.79 Å². The van der Waals surface area contributed by atoms with Crippen LogP contribution >= 0.6 is 0 Å². The van der Waals surface area contributed by atoms with Crippen molar-refractivity contribution in [1.82, 2.24) is 0 Å². The highest BCUT2D eigenvalue weighted by molar-refractivity contribution is 5.52. The van der Waals surface area contributed by atoms with Gasteiger partial charge in [-0.05, 0) is 18.6 Å². The summed E-state index contributed by atoms with van der Waals surface area (Å²) in [5, 5.41) is 0. The van der Waals surface area contributed by atoms with Crippen molar-refractivity contribution in [2.45, 2.75) is 13.5 Å². The molecule has 1 aromatic rings. The molecule has 0 N–H and O–H groups in total. The Hall–Kier alpha value is -1.80. The fraction of sp³-hybridized carbons (Fsp3) is 0.300. The first-order valence-corrected chi connectivity index (χ1v) is 4.24. The Bertz CT molecular complexity index is 408. The smallest absolute Gasteiger partial charge is 0.235 e. The largest absolute Gasteiger partial charge is 0.454 e. The number of ether oxygens (including phenoxy) is 2. The van der Waals surface area contributed by atoms with Crippen LogP contribution in [0.3, 0.4) is 0 Å². The molecule has 0 fully saturated rings.